The van der Waals surface area contributed by atoms with Crippen molar-refractivity contribution in [1.82, 2.24) is 0 Å². The first-order valence-corrected chi connectivity index (χ1v) is 20.7. The molecule has 0 saturated heterocycles. The van der Waals surface area contributed by atoms with E-state index in [4.69, 9.17) is 0 Å². The highest BCUT2D eigenvalue weighted by molar-refractivity contribution is 5.86. The molecular weight excluding hydrogens is 687 g/mol. The van der Waals surface area contributed by atoms with Crippen LogP contribution in [-0.4, -0.2) is 0 Å². The fourth-order valence-corrected chi connectivity index (χ4v) is 11.5. The minimum atomic E-state index is -0.433. The van der Waals surface area contributed by atoms with Crippen LogP contribution in [0.1, 0.15) is 52.1 Å². The third-order valence-corrected chi connectivity index (χ3v) is 13.7. The molecule has 0 saturated carbocycles. The van der Waals surface area contributed by atoms with Gasteiger partial charge in [-0.15, -0.1) is 0 Å². The number of nitrogens with zero attached hydrogens (tertiary/aromatic N) is 1. The van der Waals surface area contributed by atoms with Crippen molar-refractivity contribution >= 4 is 17.1 Å². The van der Waals surface area contributed by atoms with Gasteiger partial charge in [-0.1, -0.05) is 188 Å². The summed E-state index contributed by atoms with van der Waals surface area (Å²) < 4.78 is 0. The second kappa shape index (κ2) is 13.6. The van der Waals surface area contributed by atoms with Crippen molar-refractivity contribution in [2.45, 2.75) is 29.6 Å². The zero-order valence-electron chi connectivity index (χ0n) is 32.0. The topological polar surface area (TPSA) is 3.24 Å². The van der Waals surface area contributed by atoms with Gasteiger partial charge < -0.3 is 4.90 Å². The van der Waals surface area contributed by atoms with Gasteiger partial charge in [-0.2, -0.15) is 0 Å². The van der Waals surface area contributed by atoms with Crippen molar-refractivity contribution in [2.24, 2.45) is 17.8 Å². The quantitative estimate of drug-likeness (QED) is 0.158. The number of rotatable bonds is 7. The summed E-state index contributed by atoms with van der Waals surface area (Å²) in [5, 5.41) is 0. The Balaban J connectivity index is 1.12. The van der Waals surface area contributed by atoms with Crippen LogP contribution in [0.3, 0.4) is 0 Å². The Morgan fingerprint density at radius 1 is 0.421 bits per heavy atom. The number of anilines is 3. The fourth-order valence-electron chi connectivity index (χ4n) is 11.5. The third kappa shape index (κ3) is 5.01. The Bertz CT molecular complexity index is 2640. The highest BCUT2D eigenvalue weighted by atomic mass is 15.1. The normalized spacial score (nSPS) is 25.8. The van der Waals surface area contributed by atoms with Gasteiger partial charge in [0, 0.05) is 34.3 Å². The standard InChI is InChI=1S/C56H45N/c1-5-18-40(19-6-1)41-32-36-46(37-33-41)57(45-24-11-4-12-25-45)47-38-34-44(35-39-47)55(42-20-7-2-8-21-42)51-29-15-16-30-52(51)56(43-22-9-3-10-23-43)50-28-14-13-26-48(50)49-27-17-31-53(55)54(49)56/h1-18,20-22,24-40,43,51-52H,19,23H2. The summed E-state index contributed by atoms with van der Waals surface area (Å²) in [7, 11) is 0. The Labute approximate surface area is 337 Å². The smallest absolute Gasteiger partial charge is 0.0523 e. The van der Waals surface area contributed by atoms with Crippen LogP contribution in [-0.2, 0) is 10.8 Å². The summed E-state index contributed by atoms with van der Waals surface area (Å²) >= 11 is 0. The summed E-state index contributed by atoms with van der Waals surface area (Å²) in [6.07, 6.45) is 30.1. The number of para-hydroxylation sites is 1. The lowest BCUT2D eigenvalue weighted by atomic mass is 9.43. The first-order valence-electron chi connectivity index (χ1n) is 20.7. The van der Waals surface area contributed by atoms with Gasteiger partial charge in [0.15, 0.2) is 0 Å². The fraction of sp³-hybridized carbons (Fsp3) is 0.143. The summed E-state index contributed by atoms with van der Waals surface area (Å²) in [5.41, 5.74) is 14.0. The van der Waals surface area contributed by atoms with Gasteiger partial charge in [0.25, 0.3) is 0 Å². The molecule has 0 bridgehead atoms. The van der Waals surface area contributed by atoms with E-state index in [9.17, 15) is 0 Å². The minimum absolute atomic E-state index is 0.172. The molecule has 6 aromatic rings. The maximum absolute atomic E-state index is 2.56. The highest BCUT2D eigenvalue weighted by Crippen LogP contribution is 2.69. The Morgan fingerprint density at radius 2 is 1.00 bits per heavy atom. The predicted molar refractivity (Wildman–Crippen MR) is 237 cm³/mol. The second-order valence-corrected chi connectivity index (χ2v) is 16.3. The lowest BCUT2D eigenvalue weighted by molar-refractivity contribution is 0.181. The maximum Gasteiger partial charge on any atom is 0.0523 e. The lowest BCUT2D eigenvalue weighted by Gasteiger charge is -2.58. The Morgan fingerprint density at radius 3 is 1.72 bits per heavy atom. The van der Waals surface area contributed by atoms with Gasteiger partial charge in [0.2, 0.25) is 0 Å². The molecule has 274 valence electrons. The van der Waals surface area contributed by atoms with Crippen molar-refractivity contribution in [3.05, 3.63) is 258 Å². The van der Waals surface area contributed by atoms with Crippen molar-refractivity contribution in [3.8, 4) is 11.1 Å². The average Bonchev–Trinajstić information content (AvgIpc) is 3.61. The molecule has 1 heteroatoms. The molecule has 1 nitrogen and oxygen atoms in total. The molecule has 0 N–H and O–H groups in total. The van der Waals surface area contributed by atoms with Crippen molar-refractivity contribution in [2.75, 3.05) is 4.90 Å². The number of allylic oxidation sites excluding steroid dienone is 12. The lowest BCUT2D eigenvalue weighted by Crippen LogP contribution is -2.56. The van der Waals surface area contributed by atoms with Crippen LogP contribution in [0.15, 0.2) is 225 Å². The van der Waals surface area contributed by atoms with E-state index in [2.05, 4.69) is 229 Å². The molecule has 6 unspecified atom stereocenters. The molecule has 57 heavy (non-hydrogen) atoms. The predicted octanol–water partition coefficient (Wildman–Crippen LogP) is 13.9. The van der Waals surface area contributed by atoms with Crippen LogP contribution < -0.4 is 4.90 Å². The van der Waals surface area contributed by atoms with Gasteiger partial charge in [-0.3, -0.25) is 0 Å². The van der Waals surface area contributed by atoms with Gasteiger partial charge in [-0.05, 0) is 106 Å². The van der Waals surface area contributed by atoms with E-state index in [-0.39, 0.29) is 17.3 Å². The van der Waals surface area contributed by atoms with Crippen LogP contribution in [0, 0.1) is 17.8 Å². The van der Waals surface area contributed by atoms with Crippen LogP contribution in [0.2, 0.25) is 0 Å². The van der Waals surface area contributed by atoms with E-state index in [1.807, 2.05) is 0 Å². The first kappa shape index (κ1) is 33.9. The van der Waals surface area contributed by atoms with E-state index in [0.717, 1.165) is 29.9 Å². The van der Waals surface area contributed by atoms with E-state index < -0.39 is 5.41 Å². The number of fused-ring (bicyclic) bond motifs is 5. The molecule has 6 aromatic carbocycles. The molecule has 0 aliphatic heterocycles. The summed E-state index contributed by atoms with van der Waals surface area (Å²) in [6, 6.07) is 57.5. The molecule has 5 aliphatic rings. The molecule has 11 rings (SSSR count). The first-order chi connectivity index (χ1) is 28.3. The SMILES string of the molecule is C1=CCC(c2ccc(N(c3ccccc3)c3ccc(C4(c5ccccc5)c5cccc6c5C(C5C=CC=CC5)(c5ccccc5-6)C5C=CC=CC54)cc3)cc2)C=C1. The Hall–Kier alpha value is -6.44. The van der Waals surface area contributed by atoms with Gasteiger partial charge >= 0.3 is 0 Å². The number of benzene rings is 6. The molecule has 6 atom stereocenters. The zero-order chi connectivity index (χ0) is 37.8. The second-order valence-electron chi connectivity index (χ2n) is 16.3. The third-order valence-electron chi connectivity index (χ3n) is 13.7. The zero-order valence-corrected chi connectivity index (χ0v) is 32.0. The molecule has 5 aliphatic carbocycles. The summed E-state index contributed by atoms with van der Waals surface area (Å²) in [4.78, 5) is 2.40. The Kier molecular flexibility index (Phi) is 8.10. The monoisotopic (exact) mass is 731 g/mol. The van der Waals surface area contributed by atoms with E-state index >= 15 is 0 Å². The van der Waals surface area contributed by atoms with Gasteiger partial charge in [0.05, 0.1) is 5.41 Å². The molecule has 0 spiro atoms. The molecule has 0 heterocycles. The van der Waals surface area contributed by atoms with Crippen LogP contribution in [0.4, 0.5) is 17.1 Å². The molecule has 0 fully saturated rings. The van der Waals surface area contributed by atoms with Gasteiger partial charge in [0.1, 0.15) is 0 Å². The van der Waals surface area contributed by atoms with Crippen molar-refractivity contribution in [1.29, 1.82) is 0 Å². The van der Waals surface area contributed by atoms with E-state index in [1.165, 1.54) is 44.5 Å². The average molecular weight is 732 g/mol. The highest BCUT2D eigenvalue weighted by Gasteiger charge is 2.64. The minimum Gasteiger partial charge on any atom is -0.311 e. The molecular formula is C56H45N. The summed E-state index contributed by atoms with van der Waals surface area (Å²) in [5.74, 6) is 1.16. The maximum atomic E-state index is 2.56. The molecule has 0 aromatic heterocycles. The molecule has 0 amide bonds. The van der Waals surface area contributed by atoms with Gasteiger partial charge in [-0.25, -0.2) is 0 Å². The van der Waals surface area contributed by atoms with Crippen molar-refractivity contribution in [3.63, 3.8) is 0 Å². The van der Waals surface area contributed by atoms with Crippen LogP contribution in [0.5, 0.6) is 0 Å². The molecule has 0 radical (unpaired) electrons. The van der Waals surface area contributed by atoms with Crippen LogP contribution >= 0.6 is 0 Å². The van der Waals surface area contributed by atoms with E-state index in [0.29, 0.717) is 11.8 Å². The van der Waals surface area contributed by atoms with Crippen molar-refractivity contribution < 1.29 is 0 Å². The summed E-state index contributed by atoms with van der Waals surface area (Å²) in [6.45, 7) is 0. The van der Waals surface area contributed by atoms with E-state index in [1.54, 1.807) is 0 Å². The van der Waals surface area contributed by atoms with Crippen LogP contribution in [0.25, 0.3) is 11.1 Å². The largest absolute Gasteiger partial charge is 0.311 e. The number of hydrogen-bond acceptors (Lipinski definition) is 1. The number of hydrogen-bond donors (Lipinski definition) is 0.